The molecule has 50 valence electrons. The number of nitrogens with two attached hydrogens (primary N) is 1. The molecule has 0 aliphatic heterocycles. The zero-order valence-electron chi connectivity index (χ0n) is 6.18. The van der Waals surface area contributed by atoms with E-state index < -0.39 is 0 Å². The molecule has 0 saturated heterocycles. The summed E-state index contributed by atoms with van der Waals surface area (Å²) in [6.45, 7) is 6.44. The van der Waals surface area contributed by atoms with Crippen LogP contribution in [0.15, 0.2) is 0 Å². The molecule has 2 N–H and O–H groups in total. The first kappa shape index (κ1) is 7.92. The summed E-state index contributed by atoms with van der Waals surface area (Å²) in [6, 6.07) is 0.481. The summed E-state index contributed by atoms with van der Waals surface area (Å²) in [5.41, 5.74) is 0. The predicted octanol–water partition coefficient (Wildman–Crippen LogP) is 0.836. The first-order valence-electron chi connectivity index (χ1n) is 3.03. The van der Waals surface area contributed by atoms with E-state index in [1.807, 2.05) is 7.05 Å². The summed E-state index contributed by atoms with van der Waals surface area (Å²) in [5.74, 6) is 6.11. The van der Waals surface area contributed by atoms with Crippen LogP contribution in [0, 0.1) is 5.92 Å². The van der Waals surface area contributed by atoms with Gasteiger partial charge in [-0.15, -0.1) is 0 Å². The summed E-state index contributed by atoms with van der Waals surface area (Å²) in [5, 5.41) is 1.74. The zero-order chi connectivity index (χ0) is 6.73. The minimum absolute atomic E-state index is 0.481. The van der Waals surface area contributed by atoms with Crippen molar-refractivity contribution in [2.24, 2.45) is 11.8 Å². The maximum atomic E-state index is 5.47. The minimum Gasteiger partial charge on any atom is -0.269 e. The second-order valence-electron chi connectivity index (χ2n) is 2.65. The van der Waals surface area contributed by atoms with Crippen molar-refractivity contribution in [2.75, 3.05) is 7.05 Å². The molecule has 2 nitrogen and oxygen atoms in total. The van der Waals surface area contributed by atoms with Crippen LogP contribution in [-0.4, -0.2) is 18.1 Å². The quantitative estimate of drug-likeness (QED) is 0.428. The third kappa shape index (κ3) is 2.28. The standard InChI is InChI=1S/C6H16N2/c1-5(2)6(3)8(4)7/h5-6H,7H2,1-4H3. The second-order valence-corrected chi connectivity index (χ2v) is 2.65. The average molecular weight is 116 g/mol. The SMILES string of the molecule is CC(C)C(C)N(C)N. The molecule has 0 heterocycles. The average Bonchev–Trinajstić information content (AvgIpc) is 1.64. The summed E-state index contributed by atoms with van der Waals surface area (Å²) in [6.07, 6.45) is 0. The molecule has 0 aliphatic rings. The van der Waals surface area contributed by atoms with Crippen LogP contribution in [0.1, 0.15) is 20.8 Å². The molecular formula is C6H16N2. The van der Waals surface area contributed by atoms with Gasteiger partial charge in [0.15, 0.2) is 0 Å². The van der Waals surface area contributed by atoms with E-state index in [1.54, 1.807) is 5.01 Å². The van der Waals surface area contributed by atoms with Gasteiger partial charge in [-0.25, -0.2) is 5.01 Å². The van der Waals surface area contributed by atoms with Gasteiger partial charge in [0.25, 0.3) is 0 Å². The van der Waals surface area contributed by atoms with E-state index in [4.69, 9.17) is 5.84 Å². The van der Waals surface area contributed by atoms with Crippen LogP contribution in [0.2, 0.25) is 0 Å². The lowest BCUT2D eigenvalue weighted by Crippen LogP contribution is -2.38. The molecule has 0 radical (unpaired) electrons. The van der Waals surface area contributed by atoms with Gasteiger partial charge in [0.05, 0.1) is 0 Å². The molecule has 0 bridgehead atoms. The van der Waals surface area contributed by atoms with Crippen LogP contribution in [0.3, 0.4) is 0 Å². The van der Waals surface area contributed by atoms with E-state index in [9.17, 15) is 0 Å². The Morgan fingerprint density at radius 3 is 1.62 bits per heavy atom. The van der Waals surface area contributed by atoms with E-state index in [1.165, 1.54) is 0 Å². The Balaban J connectivity index is 3.46. The van der Waals surface area contributed by atoms with Crippen LogP contribution >= 0.6 is 0 Å². The molecule has 1 unspecified atom stereocenters. The minimum atomic E-state index is 0.481. The van der Waals surface area contributed by atoms with Crippen molar-refractivity contribution >= 4 is 0 Å². The maximum absolute atomic E-state index is 5.47. The predicted molar refractivity (Wildman–Crippen MR) is 36.3 cm³/mol. The highest BCUT2D eigenvalue weighted by Crippen LogP contribution is 2.02. The molecular weight excluding hydrogens is 100 g/mol. The lowest BCUT2D eigenvalue weighted by Gasteiger charge is -2.22. The van der Waals surface area contributed by atoms with Crippen molar-refractivity contribution in [1.29, 1.82) is 0 Å². The van der Waals surface area contributed by atoms with Gasteiger partial charge >= 0.3 is 0 Å². The molecule has 0 fully saturated rings. The van der Waals surface area contributed by atoms with E-state index in [-0.39, 0.29) is 0 Å². The molecule has 0 aliphatic carbocycles. The fourth-order valence-corrected chi connectivity index (χ4v) is 0.470. The molecule has 0 aromatic carbocycles. The zero-order valence-corrected chi connectivity index (χ0v) is 6.18. The Morgan fingerprint density at radius 2 is 1.62 bits per heavy atom. The van der Waals surface area contributed by atoms with Gasteiger partial charge < -0.3 is 0 Å². The summed E-state index contributed by atoms with van der Waals surface area (Å²) < 4.78 is 0. The van der Waals surface area contributed by atoms with Crippen LogP contribution in [-0.2, 0) is 0 Å². The highest BCUT2D eigenvalue weighted by atomic mass is 15.4. The Bertz CT molecular complexity index is 51.5. The lowest BCUT2D eigenvalue weighted by atomic mass is 10.1. The Hall–Kier alpha value is -0.0800. The molecule has 8 heavy (non-hydrogen) atoms. The number of rotatable bonds is 2. The van der Waals surface area contributed by atoms with E-state index in [2.05, 4.69) is 20.8 Å². The van der Waals surface area contributed by atoms with Crippen LogP contribution in [0.5, 0.6) is 0 Å². The molecule has 0 aromatic rings. The fourth-order valence-electron chi connectivity index (χ4n) is 0.470. The topological polar surface area (TPSA) is 29.3 Å². The smallest absolute Gasteiger partial charge is 0.0232 e. The van der Waals surface area contributed by atoms with Crippen molar-refractivity contribution in [3.8, 4) is 0 Å². The van der Waals surface area contributed by atoms with Gasteiger partial charge in [0, 0.05) is 13.1 Å². The third-order valence-corrected chi connectivity index (χ3v) is 1.61. The highest BCUT2D eigenvalue weighted by Gasteiger charge is 2.07. The number of nitrogens with zero attached hydrogens (tertiary/aromatic N) is 1. The highest BCUT2D eigenvalue weighted by molar-refractivity contribution is 4.60. The molecule has 0 saturated carbocycles. The van der Waals surface area contributed by atoms with Crippen molar-refractivity contribution in [3.63, 3.8) is 0 Å². The summed E-state index contributed by atoms with van der Waals surface area (Å²) >= 11 is 0. The fraction of sp³-hybridized carbons (Fsp3) is 1.00. The van der Waals surface area contributed by atoms with Crippen LogP contribution in [0.4, 0.5) is 0 Å². The van der Waals surface area contributed by atoms with Gasteiger partial charge in [-0.05, 0) is 12.8 Å². The largest absolute Gasteiger partial charge is 0.269 e. The Kier molecular flexibility index (Phi) is 3.02. The number of hydrazine groups is 1. The Labute approximate surface area is 51.6 Å². The van der Waals surface area contributed by atoms with Gasteiger partial charge in [-0.3, -0.25) is 5.84 Å². The van der Waals surface area contributed by atoms with E-state index in [0.717, 1.165) is 0 Å². The van der Waals surface area contributed by atoms with Gasteiger partial charge in [0.1, 0.15) is 0 Å². The first-order valence-corrected chi connectivity index (χ1v) is 3.03. The van der Waals surface area contributed by atoms with Crippen molar-refractivity contribution < 1.29 is 0 Å². The first-order chi connectivity index (χ1) is 3.55. The lowest BCUT2D eigenvalue weighted by molar-refractivity contribution is 0.213. The third-order valence-electron chi connectivity index (χ3n) is 1.61. The normalized spacial score (nSPS) is 15.4. The summed E-state index contributed by atoms with van der Waals surface area (Å²) in [7, 11) is 1.89. The van der Waals surface area contributed by atoms with E-state index >= 15 is 0 Å². The Morgan fingerprint density at radius 1 is 1.25 bits per heavy atom. The second kappa shape index (κ2) is 3.05. The van der Waals surface area contributed by atoms with Crippen molar-refractivity contribution in [1.82, 2.24) is 5.01 Å². The van der Waals surface area contributed by atoms with E-state index in [0.29, 0.717) is 12.0 Å². The number of hydrogen-bond acceptors (Lipinski definition) is 2. The molecule has 0 rings (SSSR count). The van der Waals surface area contributed by atoms with Gasteiger partial charge in [-0.1, -0.05) is 13.8 Å². The molecule has 1 atom stereocenters. The monoisotopic (exact) mass is 116 g/mol. The van der Waals surface area contributed by atoms with Crippen LogP contribution < -0.4 is 5.84 Å². The number of hydrogen-bond donors (Lipinski definition) is 1. The van der Waals surface area contributed by atoms with Gasteiger partial charge in [-0.2, -0.15) is 0 Å². The molecule has 0 aromatic heterocycles. The molecule has 0 amide bonds. The van der Waals surface area contributed by atoms with Crippen molar-refractivity contribution in [3.05, 3.63) is 0 Å². The maximum Gasteiger partial charge on any atom is 0.0232 e. The van der Waals surface area contributed by atoms with Gasteiger partial charge in [0.2, 0.25) is 0 Å². The van der Waals surface area contributed by atoms with Crippen LogP contribution in [0.25, 0.3) is 0 Å². The molecule has 0 spiro atoms. The van der Waals surface area contributed by atoms with Crippen molar-refractivity contribution in [2.45, 2.75) is 26.8 Å². The summed E-state index contributed by atoms with van der Waals surface area (Å²) in [4.78, 5) is 0. The molecule has 2 heteroatoms.